The minimum atomic E-state index is -2.14. The van der Waals surface area contributed by atoms with E-state index in [-0.39, 0.29) is 12.0 Å². The molecule has 10 atom stereocenters. The highest BCUT2D eigenvalue weighted by molar-refractivity contribution is 5.94. The number of aliphatic hydroxyl groups is 2. The summed E-state index contributed by atoms with van der Waals surface area (Å²) in [4.78, 5) is 40.5. The second-order valence-corrected chi connectivity index (χ2v) is 18.7. The molecule has 6 aliphatic rings. The lowest BCUT2D eigenvalue weighted by Gasteiger charge is -2.63. The first-order valence-electron chi connectivity index (χ1n) is 21.9. The molecule has 6 heterocycles. The molecule has 0 radical (unpaired) electrons. The molecule has 3 aromatic rings. The van der Waals surface area contributed by atoms with E-state index >= 15 is 4.79 Å². The molecule has 1 aliphatic carbocycles. The number of hydrogen-bond acceptors (Lipinski definition) is 11. The number of H-pyrrole nitrogens is 1. The van der Waals surface area contributed by atoms with Crippen LogP contribution in [-0.4, -0.2) is 127 Å². The molecule has 12 nitrogen and oxygen atoms in total. The number of allylic oxidation sites excluding steroid dienone is 1. The summed E-state index contributed by atoms with van der Waals surface area (Å²) in [5.41, 5.74) is -0.733. The molecule has 3 fully saturated rings. The lowest BCUT2D eigenvalue weighted by Crippen LogP contribution is -2.81. The number of aromatic amines is 1. The number of ether oxygens (including phenoxy) is 4. The third-order valence-corrected chi connectivity index (χ3v) is 16.0. The van der Waals surface area contributed by atoms with Gasteiger partial charge in [0.25, 0.3) is 0 Å². The van der Waals surface area contributed by atoms with Crippen LogP contribution in [0.1, 0.15) is 81.7 Å². The molecule has 5 aliphatic heterocycles. The number of piperidine rings is 1. The molecule has 2 bridgehead atoms. The molecule has 0 amide bonds. The largest absolute Gasteiger partial charge is 0.496 e. The predicted molar refractivity (Wildman–Crippen MR) is 229 cm³/mol. The number of para-hydroxylation sites is 1. The zero-order valence-electron chi connectivity index (χ0n) is 36.3. The summed E-state index contributed by atoms with van der Waals surface area (Å²) in [7, 11) is 6.35. The second-order valence-electron chi connectivity index (χ2n) is 18.7. The zero-order chi connectivity index (χ0) is 42.6. The van der Waals surface area contributed by atoms with Gasteiger partial charge in [0.05, 0.1) is 38.7 Å². The topological polar surface area (TPSA) is 137 Å². The van der Waals surface area contributed by atoms with Crippen LogP contribution < -0.4 is 9.64 Å². The summed E-state index contributed by atoms with van der Waals surface area (Å²) < 4.78 is 24.5. The lowest BCUT2D eigenvalue weighted by atomic mass is 9.47. The number of likely N-dealkylation sites (N-methyl/N-ethyl adjacent to an activating group) is 1. The average molecular weight is 823 g/mol. The maximum absolute atomic E-state index is 15.3. The van der Waals surface area contributed by atoms with Crippen LogP contribution in [0.4, 0.5) is 5.69 Å². The van der Waals surface area contributed by atoms with Crippen molar-refractivity contribution in [3.05, 3.63) is 83.3 Å². The first kappa shape index (κ1) is 41.0. The van der Waals surface area contributed by atoms with E-state index in [1.54, 1.807) is 14.0 Å². The SMILES string of the molecule is C=C(C)O[C@@H]1[C@]2(CC)C=CCN3CC[C@@]4(c5cc([C@@]6(C(=O)OC)CC[C@@H]7CN(CCc8c6[nH]c6ccccc86)C[C@](O)(CC)C7)c(OC)cc5N(C)C4[C@@]1(O)C(=O)OC)C32. The molecular formula is C48H62N4O8. The number of hydrogen-bond donors (Lipinski definition) is 3. The number of anilines is 1. The van der Waals surface area contributed by atoms with Crippen LogP contribution in [0.2, 0.25) is 0 Å². The number of fused-ring (bicyclic) bond motifs is 6. The Morgan fingerprint density at radius 2 is 1.75 bits per heavy atom. The Hall–Kier alpha value is -4.36. The van der Waals surface area contributed by atoms with Gasteiger partial charge in [0.2, 0.25) is 5.60 Å². The van der Waals surface area contributed by atoms with E-state index in [0.717, 1.165) is 53.0 Å². The van der Waals surface area contributed by atoms with Gasteiger partial charge in [-0.3, -0.25) is 14.6 Å². The van der Waals surface area contributed by atoms with Crippen molar-refractivity contribution in [3.8, 4) is 5.75 Å². The minimum absolute atomic E-state index is 0.134. The number of carbonyl (C=O) groups excluding carboxylic acids is 2. The molecule has 2 saturated heterocycles. The van der Waals surface area contributed by atoms with E-state index in [0.29, 0.717) is 75.1 Å². The molecule has 322 valence electrons. The number of rotatable bonds is 8. The monoisotopic (exact) mass is 822 g/mol. The number of methoxy groups -OCH3 is 3. The van der Waals surface area contributed by atoms with Crippen LogP contribution >= 0.6 is 0 Å². The normalized spacial score (nSPS) is 36.8. The smallest absolute Gasteiger partial charge is 0.344 e. The van der Waals surface area contributed by atoms with Crippen LogP contribution in [0.3, 0.4) is 0 Å². The quantitative estimate of drug-likeness (QED) is 0.154. The number of benzene rings is 2. The van der Waals surface area contributed by atoms with Crippen LogP contribution in [0, 0.1) is 11.3 Å². The third-order valence-electron chi connectivity index (χ3n) is 16.0. The van der Waals surface area contributed by atoms with Gasteiger partial charge < -0.3 is 39.0 Å². The molecule has 2 aromatic carbocycles. The van der Waals surface area contributed by atoms with Gasteiger partial charge in [-0.15, -0.1) is 0 Å². The number of nitrogens with zero attached hydrogens (tertiary/aromatic N) is 3. The fraction of sp³-hybridized carbons (Fsp3) is 0.583. The van der Waals surface area contributed by atoms with Gasteiger partial charge in [0.1, 0.15) is 11.2 Å². The van der Waals surface area contributed by atoms with Crippen LogP contribution in [0.25, 0.3) is 10.9 Å². The predicted octanol–water partition coefficient (Wildman–Crippen LogP) is 5.37. The van der Waals surface area contributed by atoms with Crippen LogP contribution in [-0.2, 0) is 41.1 Å². The Balaban J connectivity index is 1.34. The van der Waals surface area contributed by atoms with Crippen molar-refractivity contribution in [3.63, 3.8) is 0 Å². The van der Waals surface area contributed by atoms with Gasteiger partial charge in [-0.05, 0) is 87.6 Å². The van der Waals surface area contributed by atoms with Gasteiger partial charge >= 0.3 is 11.9 Å². The second kappa shape index (κ2) is 14.4. The summed E-state index contributed by atoms with van der Waals surface area (Å²) in [6.07, 6.45) is 7.53. The summed E-state index contributed by atoms with van der Waals surface area (Å²) >= 11 is 0. The van der Waals surface area contributed by atoms with Gasteiger partial charge in [-0.1, -0.05) is 50.8 Å². The van der Waals surface area contributed by atoms with E-state index in [9.17, 15) is 15.0 Å². The first-order chi connectivity index (χ1) is 28.7. The van der Waals surface area contributed by atoms with Crippen LogP contribution in [0.15, 0.2) is 60.9 Å². The average Bonchev–Trinajstić information content (AvgIpc) is 3.90. The van der Waals surface area contributed by atoms with Crippen molar-refractivity contribution in [2.75, 3.05) is 66.0 Å². The zero-order valence-corrected chi connectivity index (χ0v) is 36.3. The van der Waals surface area contributed by atoms with E-state index in [4.69, 9.17) is 18.9 Å². The highest BCUT2D eigenvalue weighted by Gasteiger charge is 2.80. The summed E-state index contributed by atoms with van der Waals surface area (Å²) in [5, 5.41) is 26.3. The van der Waals surface area contributed by atoms with Crippen molar-refractivity contribution >= 4 is 28.5 Å². The first-order valence-corrected chi connectivity index (χ1v) is 21.9. The number of nitrogens with one attached hydrogen (secondary N) is 1. The Morgan fingerprint density at radius 3 is 2.45 bits per heavy atom. The molecule has 3 N–H and O–H groups in total. The van der Waals surface area contributed by atoms with Gasteiger partial charge in [-0.2, -0.15) is 0 Å². The number of aromatic nitrogens is 1. The molecule has 9 rings (SSSR count). The van der Waals surface area contributed by atoms with Crippen molar-refractivity contribution in [1.82, 2.24) is 14.8 Å². The van der Waals surface area contributed by atoms with Gasteiger partial charge in [0, 0.05) is 84.0 Å². The van der Waals surface area contributed by atoms with E-state index in [2.05, 4.69) is 65.6 Å². The molecule has 1 saturated carbocycles. The number of carbonyl (C=O) groups is 2. The Labute approximate surface area is 353 Å². The van der Waals surface area contributed by atoms with E-state index < -0.39 is 51.5 Å². The molecule has 12 heteroatoms. The summed E-state index contributed by atoms with van der Waals surface area (Å²) in [6, 6.07) is 11.4. The Morgan fingerprint density at radius 1 is 0.983 bits per heavy atom. The minimum Gasteiger partial charge on any atom is -0.496 e. The maximum atomic E-state index is 15.3. The number of esters is 2. The summed E-state index contributed by atoms with van der Waals surface area (Å²) in [6.45, 7) is 13.6. The highest BCUT2D eigenvalue weighted by atomic mass is 16.6. The van der Waals surface area contributed by atoms with E-state index in [1.165, 1.54) is 14.2 Å². The third kappa shape index (κ3) is 5.35. The Bertz CT molecular complexity index is 2270. The van der Waals surface area contributed by atoms with Crippen LogP contribution in [0.5, 0.6) is 5.75 Å². The Kier molecular flexibility index (Phi) is 9.81. The highest BCUT2D eigenvalue weighted by Crippen LogP contribution is 2.68. The molecule has 60 heavy (non-hydrogen) atoms. The fourth-order valence-corrected chi connectivity index (χ4v) is 13.7. The van der Waals surface area contributed by atoms with E-state index in [1.807, 2.05) is 30.1 Å². The van der Waals surface area contributed by atoms with Crippen molar-refractivity contribution in [2.24, 2.45) is 11.3 Å². The van der Waals surface area contributed by atoms with Gasteiger partial charge in [-0.25, -0.2) is 4.79 Å². The fourth-order valence-electron chi connectivity index (χ4n) is 13.7. The van der Waals surface area contributed by atoms with Gasteiger partial charge in [0.15, 0.2) is 6.10 Å². The standard InChI is InChI=1S/C48H62N4O8/c1-9-44(55)26-30-16-19-46(42(53)58-7,38-32(17-22-51(27-30)28-44)31-14-11-12-15-35(31)49-38)34-24-33-36(25-37(34)57-6)50(5)40-47(33)20-23-52-21-13-18-45(10-2,39(47)52)41(60-29(3)4)48(40,56)43(54)59-8/h11-15,18,24-25,30,39-41,49,55-56H,3,9-10,16-17,19-23,26-28H2,1-2,4-8H3/t30-,39?,40?,41+,44-,45+,46-,47+,48-/m0/s1. The lowest BCUT2D eigenvalue weighted by molar-refractivity contribution is -0.222. The summed E-state index contributed by atoms with van der Waals surface area (Å²) in [5.74, 6) is -0.113. The van der Waals surface area contributed by atoms with Crippen molar-refractivity contribution in [2.45, 2.75) is 106 Å². The van der Waals surface area contributed by atoms with Crippen molar-refractivity contribution in [1.29, 1.82) is 0 Å². The molecular weight excluding hydrogens is 761 g/mol. The molecule has 1 spiro atoms. The maximum Gasteiger partial charge on any atom is 0.344 e. The van der Waals surface area contributed by atoms with Crippen molar-refractivity contribution < 1.29 is 38.7 Å². The molecule has 1 aromatic heterocycles. The molecule has 3 unspecified atom stereocenters.